The normalized spacial score (nSPS) is 19.9. The van der Waals surface area contributed by atoms with E-state index in [2.05, 4.69) is 87.9 Å². The first kappa shape index (κ1) is 31.5. The molecule has 6 heteroatoms. The molecular formula is C41H47N3O3. The van der Waals surface area contributed by atoms with Gasteiger partial charge in [-0.15, -0.1) is 0 Å². The van der Waals surface area contributed by atoms with Crippen LogP contribution in [0.4, 0.5) is 0 Å². The zero-order valence-electron chi connectivity index (χ0n) is 27.4. The minimum absolute atomic E-state index is 0.0575. The lowest BCUT2D eigenvalue weighted by Crippen LogP contribution is -2.32. The number of unbranched alkanes of at least 4 members (excludes halogenated alkanes) is 1. The first-order valence-corrected chi connectivity index (χ1v) is 17.5. The van der Waals surface area contributed by atoms with Gasteiger partial charge in [-0.3, -0.25) is 4.79 Å². The largest absolute Gasteiger partial charge is 0.508 e. The van der Waals surface area contributed by atoms with Gasteiger partial charge in [0.15, 0.2) is 0 Å². The van der Waals surface area contributed by atoms with E-state index in [4.69, 9.17) is 4.74 Å². The number of ether oxygens (including phenoxy) is 1. The van der Waals surface area contributed by atoms with Gasteiger partial charge in [-0.2, -0.15) is 0 Å². The summed E-state index contributed by atoms with van der Waals surface area (Å²) < 4.78 is 6.20. The molecule has 4 aromatic rings. The van der Waals surface area contributed by atoms with Crippen LogP contribution in [0, 0.1) is 0 Å². The number of amides is 1. The standard InChI is InChI=1S/C41H47N3O3/c45-35-13-18-38-33(28-35)12-17-37(31-7-2-1-3-8-31)40(38)32-10-14-36(15-11-32)47-26-5-4-20-43-21-6-22-44(25-24-43)23-19-30-9-16-39-34(27-30)29-42-41(39)46/h1-3,7-11,13-16,18,27-28,37,40,45H,4-6,12,17,19-26,29H2,(H,42,46). The third kappa shape index (κ3) is 7.55. The van der Waals surface area contributed by atoms with E-state index in [1.807, 2.05) is 18.2 Å². The summed E-state index contributed by atoms with van der Waals surface area (Å²) in [5.41, 5.74) is 8.56. The third-order valence-corrected chi connectivity index (χ3v) is 10.4. The van der Waals surface area contributed by atoms with Crippen molar-refractivity contribution in [2.45, 2.75) is 56.9 Å². The number of nitrogens with one attached hydrogen (secondary N) is 1. The first-order valence-electron chi connectivity index (χ1n) is 17.5. The van der Waals surface area contributed by atoms with Crippen LogP contribution in [-0.2, 0) is 19.4 Å². The molecule has 7 rings (SSSR count). The van der Waals surface area contributed by atoms with Crippen LogP contribution in [0.2, 0.25) is 0 Å². The van der Waals surface area contributed by atoms with Gasteiger partial charge in [-0.1, -0.05) is 60.7 Å². The number of phenols is 1. The highest BCUT2D eigenvalue weighted by molar-refractivity contribution is 5.98. The van der Waals surface area contributed by atoms with Crippen LogP contribution < -0.4 is 10.1 Å². The summed E-state index contributed by atoms with van der Waals surface area (Å²) >= 11 is 0. The molecule has 1 fully saturated rings. The van der Waals surface area contributed by atoms with Gasteiger partial charge in [-0.25, -0.2) is 0 Å². The molecule has 244 valence electrons. The monoisotopic (exact) mass is 629 g/mol. The van der Waals surface area contributed by atoms with Crippen molar-refractivity contribution < 1.29 is 14.6 Å². The Morgan fingerprint density at radius 3 is 2.43 bits per heavy atom. The molecule has 3 aliphatic rings. The number of aryl methyl sites for hydroxylation is 1. The van der Waals surface area contributed by atoms with E-state index in [9.17, 15) is 9.90 Å². The van der Waals surface area contributed by atoms with E-state index in [0.717, 1.165) is 88.3 Å². The number of hydrogen-bond donors (Lipinski definition) is 2. The molecule has 1 saturated heterocycles. The van der Waals surface area contributed by atoms with E-state index in [-0.39, 0.29) is 11.8 Å². The van der Waals surface area contributed by atoms with Crippen molar-refractivity contribution in [1.29, 1.82) is 0 Å². The fourth-order valence-electron chi connectivity index (χ4n) is 7.88. The zero-order valence-corrected chi connectivity index (χ0v) is 27.4. The molecule has 2 heterocycles. The SMILES string of the molecule is O=C1NCc2cc(CCN3CCCN(CCCCOc4ccc(C5c6ccc(O)cc6CCC5c5ccccc5)cc4)CC3)ccc21. The van der Waals surface area contributed by atoms with Crippen molar-refractivity contribution in [2.75, 3.05) is 45.9 Å². The van der Waals surface area contributed by atoms with Gasteiger partial charge in [0.25, 0.3) is 5.91 Å². The molecule has 0 aromatic heterocycles. The molecule has 6 nitrogen and oxygen atoms in total. The van der Waals surface area contributed by atoms with Crippen LogP contribution in [0.15, 0.2) is 91.0 Å². The number of benzene rings is 4. The predicted octanol–water partition coefficient (Wildman–Crippen LogP) is 6.91. The number of phenolic OH excluding ortho intramolecular Hbond substituents is 1. The Kier molecular flexibility index (Phi) is 9.87. The van der Waals surface area contributed by atoms with Crippen LogP contribution in [0.5, 0.6) is 11.5 Å². The minimum Gasteiger partial charge on any atom is -0.508 e. The number of carbonyl (C=O) groups is 1. The van der Waals surface area contributed by atoms with Crippen LogP contribution in [0.25, 0.3) is 0 Å². The lowest BCUT2D eigenvalue weighted by atomic mass is 9.69. The Labute approximate surface area is 279 Å². The van der Waals surface area contributed by atoms with Gasteiger partial charge >= 0.3 is 0 Å². The molecule has 0 saturated carbocycles. The molecule has 1 amide bonds. The van der Waals surface area contributed by atoms with Gasteiger partial charge in [0.1, 0.15) is 11.5 Å². The fraction of sp³-hybridized carbons (Fsp3) is 0.390. The van der Waals surface area contributed by atoms with Gasteiger partial charge in [0.2, 0.25) is 0 Å². The number of carbonyl (C=O) groups excluding carboxylic acids is 1. The highest BCUT2D eigenvalue weighted by atomic mass is 16.5. The highest BCUT2D eigenvalue weighted by Crippen LogP contribution is 2.47. The van der Waals surface area contributed by atoms with Gasteiger partial charge in [0.05, 0.1) is 6.61 Å². The molecule has 1 aliphatic carbocycles. The van der Waals surface area contributed by atoms with Crippen molar-refractivity contribution in [1.82, 2.24) is 15.1 Å². The molecule has 47 heavy (non-hydrogen) atoms. The number of rotatable bonds is 11. The number of nitrogens with zero attached hydrogens (tertiary/aromatic N) is 2. The molecule has 0 radical (unpaired) electrons. The average Bonchev–Trinajstić information content (AvgIpc) is 3.32. The Bertz CT molecular complexity index is 1650. The molecule has 0 spiro atoms. The number of fused-ring (bicyclic) bond motifs is 2. The smallest absolute Gasteiger partial charge is 0.251 e. The molecule has 2 N–H and O–H groups in total. The van der Waals surface area contributed by atoms with E-state index < -0.39 is 0 Å². The minimum atomic E-state index is 0.0575. The number of hydrogen-bond acceptors (Lipinski definition) is 5. The summed E-state index contributed by atoms with van der Waals surface area (Å²) in [5.74, 6) is 2.00. The van der Waals surface area contributed by atoms with E-state index in [0.29, 0.717) is 18.2 Å². The Morgan fingerprint density at radius 2 is 1.60 bits per heavy atom. The second kappa shape index (κ2) is 14.7. The van der Waals surface area contributed by atoms with Gasteiger partial charge in [0, 0.05) is 37.7 Å². The van der Waals surface area contributed by atoms with Crippen molar-refractivity contribution in [3.8, 4) is 11.5 Å². The summed E-state index contributed by atoms with van der Waals surface area (Å²) in [7, 11) is 0. The van der Waals surface area contributed by atoms with Gasteiger partial charge in [-0.05, 0) is 128 Å². The lowest BCUT2D eigenvalue weighted by molar-refractivity contribution is 0.0965. The van der Waals surface area contributed by atoms with E-state index in [1.165, 1.54) is 40.8 Å². The Morgan fingerprint density at radius 1 is 0.787 bits per heavy atom. The third-order valence-electron chi connectivity index (χ3n) is 10.4. The molecule has 0 bridgehead atoms. The Hall–Kier alpha value is -4.13. The number of aromatic hydroxyl groups is 1. The molecule has 2 aliphatic heterocycles. The summed E-state index contributed by atoms with van der Waals surface area (Å²) in [4.78, 5) is 17.1. The maximum absolute atomic E-state index is 11.8. The zero-order chi connectivity index (χ0) is 32.0. The van der Waals surface area contributed by atoms with Crippen LogP contribution in [0.1, 0.15) is 81.3 Å². The van der Waals surface area contributed by atoms with Crippen molar-refractivity contribution in [2.24, 2.45) is 0 Å². The quantitative estimate of drug-likeness (QED) is 0.177. The lowest BCUT2D eigenvalue weighted by Gasteiger charge is -2.34. The molecule has 2 unspecified atom stereocenters. The Balaban J connectivity index is 0.860. The predicted molar refractivity (Wildman–Crippen MR) is 187 cm³/mol. The highest BCUT2D eigenvalue weighted by Gasteiger charge is 2.32. The molecule has 4 aromatic carbocycles. The van der Waals surface area contributed by atoms with E-state index >= 15 is 0 Å². The maximum atomic E-state index is 11.8. The van der Waals surface area contributed by atoms with Crippen molar-refractivity contribution >= 4 is 5.91 Å². The topological polar surface area (TPSA) is 65.0 Å². The average molecular weight is 630 g/mol. The molecule has 2 atom stereocenters. The van der Waals surface area contributed by atoms with Gasteiger partial charge < -0.3 is 25.0 Å². The second-order valence-electron chi connectivity index (χ2n) is 13.5. The fourth-order valence-corrected chi connectivity index (χ4v) is 7.88. The second-order valence-corrected chi connectivity index (χ2v) is 13.5. The summed E-state index contributed by atoms with van der Waals surface area (Å²) in [6, 6.07) is 31.8. The molecular weight excluding hydrogens is 582 g/mol. The van der Waals surface area contributed by atoms with Crippen LogP contribution >= 0.6 is 0 Å². The summed E-state index contributed by atoms with van der Waals surface area (Å²) in [6.45, 7) is 8.16. The van der Waals surface area contributed by atoms with E-state index in [1.54, 1.807) is 0 Å². The summed E-state index contributed by atoms with van der Waals surface area (Å²) in [6.07, 6.45) is 6.48. The van der Waals surface area contributed by atoms with Crippen LogP contribution in [-0.4, -0.2) is 66.7 Å². The van der Waals surface area contributed by atoms with Crippen molar-refractivity contribution in [3.63, 3.8) is 0 Å². The van der Waals surface area contributed by atoms with Crippen LogP contribution in [0.3, 0.4) is 0 Å². The van der Waals surface area contributed by atoms with Crippen molar-refractivity contribution in [3.05, 3.63) is 130 Å². The summed E-state index contributed by atoms with van der Waals surface area (Å²) in [5, 5.41) is 13.1. The maximum Gasteiger partial charge on any atom is 0.251 e. The first-order chi connectivity index (χ1) is 23.1.